The van der Waals surface area contributed by atoms with Crippen molar-refractivity contribution in [3.8, 4) is 0 Å². The van der Waals surface area contributed by atoms with Crippen LogP contribution in [0.2, 0.25) is 0 Å². The molecule has 1 fully saturated rings. The fourth-order valence-electron chi connectivity index (χ4n) is 5.20. The van der Waals surface area contributed by atoms with Crippen molar-refractivity contribution in [2.75, 3.05) is 25.1 Å². The summed E-state index contributed by atoms with van der Waals surface area (Å²) in [5, 5.41) is 4.66. The second-order valence-electron chi connectivity index (χ2n) is 9.59. The molecule has 4 aromatic rings. The average Bonchev–Trinajstić information content (AvgIpc) is 3.30. The van der Waals surface area contributed by atoms with Gasteiger partial charge in [-0.1, -0.05) is 6.07 Å². The monoisotopic (exact) mass is 489 g/mol. The number of carbonyl (C=O) groups is 1. The molecule has 36 heavy (non-hydrogen) atoms. The Morgan fingerprint density at radius 1 is 1.11 bits per heavy atom. The molecule has 10 nitrogen and oxygen atoms in total. The van der Waals surface area contributed by atoms with Gasteiger partial charge in [-0.3, -0.25) is 29.1 Å². The van der Waals surface area contributed by atoms with Gasteiger partial charge in [-0.25, -0.2) is 0 Å². The van der Waals surface area contributed by atoms with E-state index in [2.05, 4.69) is 57.8 Å². The van der Waals surface area contributed by atoms with Crippen LogP contribution in [0.25, 0.3) is 22.1 Å². The van der Waals surface area contributed by atoms with E-state index < -0.39 is 5.97 Å². The van der Waals surface area contributed by atoms with Gasteiger partial charge < -0.3 is 14.2 Å². The highest BCUT2D eigenvalue weighted by Gasteiger charge is 2.34. The largest absolute Gasteiger partial charge is 0.468 e. The maximum Gasteiger partial charge on any atom is 0.327 e. The molecule has 10 heteroatoms. The lowest BCUT2D eigenvalue weighted by atomic mass is 10.00. The first-order valence-corrected chi connectivity index (χ1v) is 12.1. The Labute approximate surface area is 209 Å². The van der Waals surface area contributed by atoms with Gasteiger partial charge in [0.05, 0.1) is 35.5 Å². The third-order valence-electron chi connectivity index (χ3n) is 7.27. The predicted molar refractivity (Wildman–Crippen MR) is 138 cm³/mol. The van der Waals surface area contributed by atoms with Crippen LogP contribution in [0.4, 0.5) is 5.69 Å². The van der Waals surface area contributed by atoms with Gasteiger partial charge >= 0.3 is 5.97 Å². The van der Waals surface area contributed by atoms with E-state index in [1.165, 1.54) is 17.4 Å². The minimum Gasteiger partial charge on any atom is -0.468 e. The molecule has 0 radical (unpaired) electrons. The lowest BCUT2D eigenvalue weighted by Crippen LogP contribution is -2.57. The van der Waals surface area contributed by atoms with Crippen LogP contribution in [0.1, 0.15) is 32.4 Å². The molecule has 3 atom stereocenters. The van der Waals surface area contributed by atoms with Gasteiger partial charge in [-0.05, 0) is 38.5 Å². The van der Waals surface area contributed by atoms with E-state index in [9.17, 15) is 9.59 Å². The van der Waals surface area contributed by atoms with Gasteiger partial charge in [0.1, 0.15) is 12.1 Å². The summed E-state index contributed by atoms with van der Waals surface area (Å²) in [6, 6.07) is 8.50. The highest BCUT2D eigenvalue weighted by Crippen LogP contribution is 2.33. The molecule has 0 saturated carbocycles. The molecule has 0 bridgehead atoms. The maximum atomic E-state index is 12.8. The molecule has 0 aliphatic carbocycles. The number of piperazine rings is 1. The zero-order valence-corrected chi connectivity index (χ0v) is 21.3. The lowest BCUT2D eigenvalue weighted by molar-refractivity contribution is -0.141. The zero-order chi connectivity index (χ0) is 25.6. The van der Waals surface area contributed by atoms with Crippen LogP contribution in [-0.2, 0) is 23.1 Å². The zero-order valence-electron chi connectivity index (χ0n) is 21.3. The van der Waals surface area contributed by atoms with Crippen LogP contribution in [-0.4, -0.2) is 67.5 Å². The number of aryl methyl sites for hydroxylation is 1. The first-order chi connectivity index (χ1) is 17.3. The number of esters is 1. The average molecular weight is 490 g/mol. The summed E-state index contributed by atoms with van der Waals surface area (Å²) in [6.45, 7) is 8.16. The molecule has 3 aromatic heterocycles. The van der Waals surface area contributed by atoms with Gasteiger partial charge in [0.15, 0.2) is 0 Å². The number of ether oxygens (including phenoxy) is 1. The number of hydrogen-bond donors (Lipinski definition) is 0. The summed E-state index contributed by atoms with van der Waals surface area (Å²) in [6.07, 6.45) is 5.16. The van der Waals surface area contributed by atoms with Gasteiger partial charge in [0.25, 0.3) is 5.56 Å². The summed E-state index contributed by atoms with van der Waals surface area (Å²) >= 11 is 0. The number of rotatable bonds is 5. The number of methoxy groups -OCH3 is 1. The maximum absolute atomic E-state index is 12.8. The molecular weight excluding hydrogens is 458 g/mol. The number of nitrogens with zero attached hydrogens (tertiary/aromatic N) is 7. The number of aromatic nitrogens is 5. The Kier molecular flexibility index (Phi) is 6.21. The third kappa shape index (κ3) is 4.21. The van der Waals surface area contributed by atoms with Crippen LogP contribution in [0.3, 0.4) is 0 Å². The van der Waals surface area contributed by atoms with E-state index in [1.807, 2.05) is 6.07 Å². The molecule has 0 N–H and O–H groups in total. The van der Waals surface area contributed by atoms with Crippen LogP contribution in [0, 0.1) is 0 Å². The number of carbonyl (C=O) groups excluding carboxylic acids is 1. The molecule has 1 saturated heterocycles. The van der Waals surface area contributed by atoms with Gasteiger partial charge in [0.2, 0.25) is 0 Å². The quantitative estimate of drug-likeness (QED) is 0.395. The van der Waals surface area contributed by atoms with E-state index in [0.29, 0.717) is 11.0 Å². The molecule has 1 aliphatic heterocycles. The Bertz CT molecular complexity index is 1490. The summed E-state index contributed by atoms with van der Waals surface area (Å²) in [7, 11) is 3.07. The smallest absolute Gasteiger partial charge is 0.327 e. The first kappa shape index (κ1) is 23.9. The lowest BCUT2D eigenvalue weighted by Gasteiger charge is -2.47. The molecule has 188 valence electrons. The van der Waals surface area contributed by atoms with Crippen molar-refractivity contribution in [2.45, 2.75) is 45.4 Å². The topological polar surface area (TPSA) is 98.4 Å². The number of pyridine rings is 1. The molecule has 4 heterocycles. The highest BCUT2D eigenvalue weighted by atomic mass is 16.5. The molecule has 1 aromatic carbocycles. The van der Waals surface area contributed by atoms with Crippen LogP contribution < -0.4 is 10.5 Å². The van der Waals surface area contributed by atoms with Gasteiger partial charge in [-0.2, -0.15) is 5.10 Å². The van der Waals surface area contributed by atoms with Crippen molar-refractivity contribution >= 4 is 33.7 Å². The standard InChI is InChI=1S/C26H31N7O3/c1-16-13-33(22-11-24(34)30(4)23-14-31(29-26(22)23)15-25(35)36-5)17(2)12-32(16)18(3)19-6-7-20-21(10-19)28-9-8-27-20/h6-11,14,16-18H,12-13,15H2,1-5H3/t16-,17+,18?/m1/s1. The minimum atomic E-state index is -0.390. The molecular formula is C26H31N7O3. The van der Waals surface area contributed by atoms with Crippen LogP contribution >= 0.6 is 0 Å². The van der Waals surface area contributed by atoms with E-state index in [-0.39, 0.29) is 30.2 Å². The Hall–Kier alpha value is -3.79. The molecule has 0 spiro atoms. The van der Waals surface area contributed by atoms with Crippen molar-refractivity contribution in [3.05, 3.63) is 58.8 Å². The molecule has 1 unspecified atom stereocenters. The van der Waals surface area contributed by atoms with Crippen molar-refractivity contribution in [1.82, 2.24) is 29.2 Å². The van der Waals surface area contributed by atoms with E-state index >= 15 is 0 Å². The fraction of sp³-hybridized carbons (Fsp3) is 0.423. The predicted octanol–water partition coefficient (Wildman–Crippen LogP) is 2.51. The highest BCUT2D eigenvalue weighted by molar-refractivity contribution is 5.88. The summed E-state index contributed by atoms with van der Waals surface area (Å²) in [5.41, 5.74) is 5.07. The fourth-order valence-corrected chi connectivity index (χ4v) is 5.20. The summed E-state index contributed by atoms with van der Waals surface area (Å²) in [5.74, 6) is -0.390. The number of hydrogen-bond acceptors (Lipinski definition) is 8. The van der Waals surface area contributed by atoms with Crippen molar-refractivity contribution in [3.63, 3.8) is 0 Å². The molecule has 1 aliphatic rings. The third-order valence-corrected chi connectivity index (χ3v) is 7.27. The first-order valence-electron chi connectivity index (χ1n) is 12.1. The molecule has 0 amide bonds. The number of benzene rings is 1. The Morgan fingerprint density at radius 3 is 2.61 bits per heavy atom. The second kappa shape index (κ2) is 9.34. The minimum absolute atomic E-state index is 0.00774. The number of fused-ring (bicyclic) bond motifs is 2. The van der Waals surface area contributed by atoms with Crippen LogP contribution in [0.5, 0.6) is 0 Å². The SMILES string of the molecule is COC(=O)Cn1cc2c(n1)c(N1C[C@@H](C)N(C(C)c3ccc4nccnc4c3)C[C@@H]1C)cc(=O)n2C. The normalized spacial score (nSPS) is 19.6. The van der Waals surface area contributed by atoms with E-state index in [4.69, 9.17) is 4.74 Å². The Morgan fingerprint density at radius 2 is 1.86 bits per heavy atom. The van der Waals surface area contributed by atoms with Crippen LogP contribution in [0.15, 0.2) is 47.7 Å². The van der Waals surface area contributed by atoms with Gasteiger partial charge in [0, 0.05) is 56.7 Å². The Balaban J connectivity index is 1.44. The van der Waals surface area contributed by atoms with Gasteiger partial charge in [-0.15, -0.1) is 0 Å². The van der Waals surface area contributed by atoms with Crippen molar-refractivity contribution < 1.29 is 9.53 Å². The second-order valence-corrected chi connectivity index (χ2v) is 9.59. The summed E-state index contributed by atoms with van der Waals surface area (Å²) < 4.78 is 7.88. The van der Waals surface area contributed by atoms with E-state index in [1.54, 1.807) is 36.3 Å². The molecule has 5 rings (SSSR count). The van der Waals surface area contributed by atoms with E-state index in [0.717, 1.165) is 29.8 Å². The van der Waals surface area contributed by atoms with Crippen molar-refractivity contribution in [2.24, 2.45) is 7.05 Å². The summed E-state index contributed by atoms with van der Waals surface area (Å²) in [4.78, 5) is 38.2. The van der Waals surface area contributed by atoms with Crippen molar-refractivity contribution in [1.29, 1.82) is 0 Å². The number of anilines is 1.